The molecule has 1 aliphatic rings. The standard InChI is InChI=1S/C30H31ClF2N6O4/c1-38-9-11-39(12-10-38)8-3-13-42-28-17-26-21(16-27(28)41-2)29(35-18-34-26)43-20-5-7-24(22(31)15-20)36-30(40)37-25-6-4-19(32)14-23(25)33/h4-7,14-18H,3,8-13H2,1-2H3,(H2,36,37,40). The fourth-order valence-electron chi connectivity index (χ4n) is 4.57. The summed E-state index contributed by atoms with van der Waals surface area (Å²) in [5.41, 5.74) is 0.673. The molecule has 3 aromatic carbocycles. The number of fused-ring (bicyclic) bond motifs is 1. The molecule has 2 heterocycles. The maximum atomic E-state index is 13.9. The molecule has 5 rings (SSSR count). The number of anilines is 2. The van der Waals surface area contributed by atoms with Crippen LogP contribution >= 0.6 is 11.6 Å². The lowest BCUT2D eigenvalue weighted by molar-refractivity contribution is 0.145. The first-order valence-electron chi connectivity index (χ1n) is 13.7. The Labute approximate surface area is 252 Å². The lowest BCUT2D eigenvalue weighted by Crippen LogP contribution is -2.44. The van der Waals surface area contributed by atoms with E-state index in [1.54, 1.807) is 25.3 Å². The van der Waals surface area contributed by atoms with E-state index in [-0.39, 0.29) is 22.3 Å². The van der Waals surface area contributed by atoms with E-state index in [1.807, 2.05) is 0 Å². The van der Waals surface area contributed by atoms with Crippen LogP contribution in [-0.2, 0) is 0 Å². The minimum absolute atomic E-state index is 0.162. The molecule has 1 saturated heterocycles. The van der Waals surface area contributed by atoms with Crippen molar-refractivity contribution in [2.24, 2.45) is 0 Å². The van der Waals surface area contributed by atoms with E-state index >= 15 is 0 Å². The van der Waals surface area contributed by atoms with Gasteiger partial charge in [-0.3, -0.25) is 0 Å². The summed E-state index contributed by atoms with van der Waals surface area (Å²) < 4.78 is 44.6. The van der Waals surface area contributed by atoms with Crippen LogP contribution in [-0.4, -0.2) is 79.3 Å². The van der Waals surface area contributed by atoms with Crippen molar-refractivity contribution >= 4 is 39.9 Å². The molecule has 226 valence electrons. The summed E-state index contributed by atoms with van der Waals surface area (Å²) >= 11 is 6.38. The van der Waals surface area contributed by atoms with Crippen LogP contribution in [0.1, 0.15) is 6.42 Å². The summed E-state index contributed by atoms with van der Waals surface area (Å²) in [6.07, 6.45) is 2.27. The van der Waals surface area contributed by atoms with Crippen LogP contribution < -0.4 is 24.8 Å². The molecule has 0 atom stereocenters. The second-order valence-corrected chi connectivity index (χ2v) is 10.4. The topological polar surface area (TPSA) is 101 Å². The van der Waals surface area contributed by atoms with Crippen molar-refractivity contribution in [1.82, 2.24) is 19.8 Å². The molecule has 43 heavy (non-hydrogen) atoms. The Morgan fingerprint density at radius 3 is 2.49 bits per heavy atom. The predicted molar refractivity (Wildman–Crippen MR) is 161 cm³/mol. The number of piperazine rings is 1. The van der Waals surface area contributed by atoms with E-state index in [9.17, 15) is 13.6 Å². The number of benzene rings is 3. The van der Waals surface area contributed by atoms with Gasteiger partial charge in [0.25, 0.3) is 0 Å². The number of urea groups is 1. The van der Waals surface area contributed by atoms with Crippen LogP contribution in [0.5, 0.6) is 23.1 Å². The zero-order chi connectivity index (χ0) is 30.3. The fourth-order valence-corrected chi connectivity index (χ4v) is 4.79. The molecular weight excluding hydrogens is 582 g/mol. The monoisotopic (exact) mass is 612 g/mol. The molecule has 4 aromatic rings. The summed E-state index contributed by atoms with van der Waals surface area (Å²) in [5.74, 6) is 0.0646. The van der Waals surface area contributed by atoms with Gasteiger partial charge in [-0.05, 0) is 43.8 Å². The molecule has 2 N–H and O–H groups in total. The highest BCUT2D eigenvalue weighted by Crippen LogP contribution is 2.37. The third-order valence-corrected chi connectivity index (χ3v) is 7.25. The average Bonchev–Trinajstić information content (AvgIpc) is 2.99. The van der Waals surface area contributed by atoms with Gasteiger partial charge in [0.15, 0.2) is 11.5 Å². The summed E-state index contributed by atoms with van der Waals surface area (Å²) in [4.78, 5) is 25.8. The molecule has 0 saturated carbocycles. The molecule has 0 spiro atoms. The smallest absolute Gasteiger partial charge is 0.323 e. The third kappa shape index (κ3) is 7.78. The minimum Gasteiger partial charge on any atom is -0.493 e. The van der Waals surface area contributed by atoms with E-state index in [1.165, 1.54) is 18.5 Å². The zero-order valence-corrected chi connectivity index (χ0v) is 24.5. The predicted octanol–water partition coefficient (Wildman–Crippen LogP) is 6.02. The number of aromatic nitrogens is 2. The summed E-state index contributed by atoms with van der Waals surface area (Å²) in [6, 6.07) is 10.2. The van der Waals surface area contributed by atoms with Crippen molar-refractivity contribution in [2.45, 2.75) is 6.42 Å². The van der Waals surface area contributed by atoms with Crippen LogP contribution in [0, 0.1) is 11.6 Å². The minimum atomic E-state index is -0.904. The molecular formula is C30H31ClF2N6O4. The highest BCUT2D eigenvalue weighted by atomic mass is 35.5. The first-order chi connectivity index (χ1) is 20.8. The Kier molecular flexibility index (Phi) is 9.70. The van der Waals surface area contributed by atoms with E-state index in [0.717, 1.165) is 51.3 Å². The number of rotatable bonds is 10. The van der Waals surface area contributed by atoms with Crippen molar-refractivity contribution in [3.05, 3.63) is 71.5 Å². The van der Waals surface area contributed by atoms with E-state index in [4.69, 9.17) is 25.8 Å². The number of ether oxygens (including phenoxy) is 3. The molecule has 2 amide bonds. The first kappa shape index (κ1) is 30.2. The van der Waals surface area contributed by atoms with Gasteiger partial charge in [0.05, 0.1) is 41.0 Å². The normalized spacial score (nSPS) is 14.0. The van der Waals surface area contributed by atoms with Gasteiger partial charge in [-0.25, -0.2) is 23.5 Å². The number of carbonyl (C=O) groups is 1. The Morgan fingerprint density at radius 1 is 0.977 bits per heavy atom. The second-order valence-electron chi connectivity index (χ2n) is 9.99. The molecule has 0 unspecified atom stereocenters. The second kappa shape index (κ2) is 13.8. The molecule has 0 bridgehead atoms. The molecule has 13 heteroatoms. The highest BCUT2D eigenvalue weighted by molar-refractivity contribution is 6.34. The number of halogens is 3. The Bertz CT molecular complexity index is 1600. The van der Waals surface area contributed by atoms with Gasteiger partial charge in [0.2, 0.25) is 5.88 Å². The maximum absolute atomic E-state index is 13.9. The molecule has 10 nitrogen and oxygen atoms in total. The van der Waals surface area contributed by atoms with Crippen LogP contribution in [0.25, 0.3) is 10.9 Å². The maximum Gasteiger partial charge on any atom is 0.323 e. The molecule has 0 aliphatic carbocycles. The van der Waals surface area contributed by atoms with Gasteiger partial charge in [0, 0.05) is 50.9 Å². The van der Waals surface area contributed by atoms with Crippen LogP contribution in [0.15, 0.2) is 54.9 Å². The number of likely N-dealkylation sites (N-methyl/N-ethyl adjacent to an activating group) is 1. The molecule has 1 fully saturated rings. The van der Waals surface area contributed by atoms with Crippen molar-refractivity contribution < 1.29 is 27.8 Å². The number of amides is 2. The Hall–Kier alpha value is -4.26. The van der Waals surface area contributed by atoms with Gasteiger partial charge in [-0.15, -0.1) is 0 Å². The van der Waals surface area contributed by atoms with Gasteiger partial charge >= 0.3 is 6.03 Å². The van der Waals surface area contributed by atoms with Gasteiger partial charge in [-0.2, -0.15) is 0 Å². The van der Waals surface area contributed by atoms with Crippen molar-refractivity contribution in [3.8, 4) is 23.1 Å². The van der Waals surface area contributed by atoms with Crippen molar-refractivity contribution in [3.63, 3.8) is 0 Å². The van der Waals surface area contributed by atoms with E-state index < -0.39 is 17.7 Å². The number of nitrogens with one attached hydrogen (secondary N) is 2. The Morgan fingerprint density at radius 2 is 1.74 bits per heavy atom. The largest absolute Gasteiger partial charge is 0.493 e. The van der Waals surface area contributed by atoms with Gasteiger partial charge in [-0.1, -0.05) is 11.6 Å². The van der Waals surface area contributed by atoms with E-state index in [0.29, 0.717) is 40.8 Å². The fraction of sp³-hybridized carbons (Fsp3) is 0.300. The Balaban J connectivity index is 1.23. The van der Waals surface area contributed by atoms with Crippen molar-refractivity contribution in [1.29, 1.82) is 0 Å². The van der Waals surface area contributed by atoms with Gasteiger partial charge in [0.1, 0.15) is 23.7 Å². The molecule has 0 radical (unpaired) electrons. The zero-order valence-electron chi connectivity index (χ0n) is 23.7. The van der Waals surface area contributed by atoms with Crippen LogP contribution in [0.3, 0.4) is 0 Å². The van der Waals surface area contributed by atoms with E-state index in [2.05, 4.69) is 37.4 Å². The first-order valence-corrected chi connectivity index (χ1v) is 14.0. The quantitative estimate of drug-likeness (QED) is 0.210. The van der Waals surface area contributed by atoms with Crippen LogP contribution in [0.4, 0.5) is 25.0 Å². The SMILES string of the molecule is COc1cc2c(Oc3ccc(NC(=O)Nc4ccc(F)cc4F)c(Cl)c3)ncnc2cc1OCCCN1CCN(C)CC1. The number of carbonyl (C=O) groups excluding carboxylic acids is 1. The highest BCUT2D eigenvalue weighted by Gasteiger charge is 2.16. The number of hydrogen-bond acceptors (Lipinski definition) is 8. The van der Waals surface area contributed by atoms with Crippen molar-refractivity contribution in [2.75, 3.05) is 64.1 Å². The summed E-state index contributed by atoms with van der Waals surface area (Å²) in [7, 11) is 3.71. The summed E-state index contributed by atoms with van der Waals surface area (Å²) in [6.45, 7) is 5.79. The number of nitrogens with zero attached hydrogens (tertiary/aromatic N) is 4. The molecule has 1 aromatic heterocycles. The number of hydrogen-bond donors (Lipinski definition) is 2. The van der Waals surface area contributed by atoms with Crippen LogP contribution in [0.2, 0.25) is 5.02 Å². The average molecular weight is 613 g/mol. The number of methoxy groups -OCH3 is 1. The molecule has 1 aliphatic heterocycles. The lowest BCUT2D eigenvalue weighted by atomic mass is 10.2. The summed E-state index contributed by atoms with van der Waals surface area (Å²) in [5, 5.41) is 5.60. The third-order valence-electron chi connectivity index (χ3n) is 6.94. The van der Waals surface area contributed by atoms with Gasteiger partial charge < -0.3 is 34.6 Å². The lowest BCUT2D eigenvalue weighted by Gasteiger charge is -2.32.